The van der Waals surface area contributed by atoms with E-state index >= 15 is 0 Å². The number of halogens is 2. The fraction of sp³-hybridized carbons (Fsp3) is 0.789. The average Bonchev–Trinajstić information content (AvgIpc) is 2.94. The molecule has 1 aliphatic heterocycles. The predicted molar refractivity (Wildman–Crippen MR) is 104 cm³/mol. The summed E-state index contributed by atoms with van der Waals surface area (Å²) in [4.78, 5) is 15.9. The molecule has 1 aliphatic rings. The van der Waals surface area contributed by atoms with E-state index in [-0.39, 0.29) is 18.8 Å². The summed E-state index contributed by atoms with van der Waals surface area (Å²) in [6.07, 6.45) is 0.0877. The molecule has 0 spiro atoms. The molecule has 172 valence electrons. The molecule has 11 heteroatoms. The van der Waals surface area contributed by atoms with Crippen LogP contribution in [0.1, 0.15) is 51.4 Å². The number of hydrogen-bond acceptors (Lipinski definition) is 8. The molecule has 1 aromatic heterocycles. The highest BCUT2D eigenvalue weighted by Crippen LogP contribution is 2.36. The number of aliphatic hydroxyl groups is 3. The van der Waals surface area contributed by atoms with Crippen LogP contribution in [0.4, 0.5) is 14.6 Å². The van der Waals surface area contributed by atoms with Crippen molar-refractivity contribution in [2.24, 2.45) is 0 Å². The Morgan fingerprint density at radius 1 is 1.20 bits per heavy atom. The molecule has 0 unspecified atom stereocenters. The van der Waals surface area contributed by atoms with Gasteiger partial charge in [0.1, 0.15) is 18.0 Å². The zero-order valence-electron chi connectivity index (χ0n) is 16.8. The number of aromatic nitrogens is 2. The largest absolute Gasteiger partial charge is 0.394 e. The number of anilines is 1. The SMILES string of the molecule is Nc1ccn([C@]2(OCCCCCCCCCC(F)F)O[C@H](CO)[C@@H](O)[C@H]2O)c(=O)n1. The van der Waals surface area contributed by atoms with E-state index < -0.39 is 42.9 Å². The summed E-state index contributed by atoms with van der Waals surface area (Å²) in [5, 5.41) is 30.1. The standard InChI is InChI=1S/C19H31F2N3O6/c20-14(21)8-6-4-2-1-3-5-7-11-29-19(17(27)16(26)13(12-25)30-19)24-10-9-15(22)23-18(24)28/h9-10,13-14,16-17,25-27H,1-8,11-12H2,(H2,22,23,28)/t13-,16-,17-,19-/m1/s1. The minimum atomic E-state index is -2.24. The number of alkyl halides is 2. The lowest BCUT2D eigenvalue weighted by Gasteiger charge is -2.33. The third-order valence-electron chi connectivity index (χ3n) is 5.11. The zero-order chi connectivity index (χ0) is 22.1. The van der Waals surface area contributed by atoms with Gasteiger partial charge in [-0.05, 0) is 18.9 Å². The highest BCUT2D eigenvalue weighted by Gasteiger charge is 2.57. The number of rotatable bonds is 13. The van der Waals surface area contributed by atoms with Crippen LogP contribution < -0.4 is 11.4 Å². The molecule has 9 nitrogen and oxygen atoms in total. The Bertz CT molecular complexity index is 707. The van der Waals surface area contributed by atoms with Crippen molar-refractivity contribution in [3.8, 4) is 0 Å². The van der Waals surface area contributed by atoms with Gasteiger partial charge in [-0.1, -0.05) is 32.1 Å². The van der Waals surface area contributed by atoms with E-state index in [1.54, 1.807) is 0 Å². The fourth-order valence-electron chi connectivity index (χ4n) is 3.47. The molecule has 2 heterocycles. The van der Waals surface area contributed by atoms with Crippen molar-refractivity contribution in [1.29, 1.82) is 0 Å². The van der Waals surface area contributed by atoms with Gasteiger partial charge in [0, 0.05) is 12.6 Å². The van der Waals surface area contributed by atoms with Gasteiger partial charge < -0.3 is 30.5 Å². The van der Waals surface area contributed by atoms with Crippen LogP contribution in [-0.2, 0) is 15.4 Å². The van der Waals surface area contributed by atoms with Gasteiger partial charge in [-0.15, -0.1) is 0 Å². The quantitative estimate of drug-likeness (QED) is 0.336. The van der Waals surface area contributed by atoms with Gasteiger partial charge in [-0.2, -0.15) is 4.98 Å². The van der Waals surface area contributed by atoms with Gasteiger partial charge in [0.15, 0.2) is 6.10 Å². The molecule has 0 bridgehead atoms. The Balaban J connectivity index is 1.89. The van der Waals surface area contributed by atoms with Crippen LogP contribution in [0.25, 0.3) is 0 Å². The maximum absolute atomic E-state index is 12.3. The van der Waals surface area contributed by atoms with Crippen LogP contribution in [-0.4, -0.2) is 62.8 Å². The highest BCUT2D eigenvalue weighted by atomic mass is 19.3. The molecule has 2 rings (SSSR count). The van der Waals surface area contributed by atoms with Gasteiger partial charge in [-0.25, -0.2) is 18.1 Å². The molecule has 4 atom stereocenters. The summed E-state index contributed by atoms with van der Waals surface area (Å²) >= 11 is 0. The summed E-state index contributed by atoms with van der Waals surface area (Å²) in [6, 6.07) is 1.33. The normalized spacial score (nSPS) is 26.5. The molecule has 5 N–H and O–H groups in total. The van der Waals surface area contributed by atoms with Crippen LogP contribution in [0.2, 0.25) is 0 Å². The Hall–Kier alpha value is -1.66. The molecule has 0 aromatic carbocycles. The third-order valence-corrected chi connectivity index (χ3v) is 5.11. The molecule has 0 radical (unpaired) electrons. The Morgan fingerprint density at radius 3 is 2.40 bits per heavy atom. The van der Waals surface area contributed by atoms with Crippen LogP contribution in [0.15, 0.2) is 17.1 Å². The second kappa shape index (κ2) is 11.7. The monoisotopic (exact) mass is 435 g/mol. The van der Waals surface area contributed by atoms with Gasteiger partial charge in [-0.3, -0.25) is 0 Å². The number of ether oxygens (including phenoxy) is 2. The van der Waals surface area contributed by atoms with Crippen molar-refractivity contribution in [3.63, 3.8) is 0 Å². The molecule has 1 saturated heterocycles. The lowest BCUT2D eigenvalue weighted by molar-refractivity contribution is -0.318. The summed E-state index contributed by atoms with van der Waals surface area (Å²) in [5.41, 5.74) is 4.67. The summed E-state index contributed by atoms with van der Waals surface area (Å²) in [5.74, 6) is -2.05. The fourth-order valence-corrected chi connectivity index (χ4v) is 3.47. The average molecular weight is 435 g/mol. The van der Waals surface area contributed by atoms with Crippen molar-refractivity contribution < 1.29 is 33.6 Å². The van der Waals surface area contributed by atoms with E-state index in [1.807, 2.05) is 0 Å². The maximum atomic E-state index is 12.3. The van der Waals surface area contributed by atoms with E-state index in [9.17, 15) is 28.9 Å². The molecule has 0 saturated carbocycles. The number of nitrogens with two attached hydrogens (primary N) is 1. The first-order valence-electron chi connectivity index (χ1n) is 10.2. The topological polar surface area (TPSA) is 140 Å². The Labute approximate surface area is 173 Å². The van der Waals surface area contributed by atoms with Gasteiger partial charge in [0.2, 0.25) is 6.43 Å². The van der Waals surface area contributed by atoms with Crippen molar-refractivity contribution in [3.05, 3.63) is 22.7 Å². The number of hydrogen-bond donors (Lipinski definition) is 4. The zero-order valence-corrected chi connectivity index (χ0v) is 16.8. The van der Waals surface area contributed by atoms with E-state index in [0.717, 1.165) is 36.7 Å². The van der Waals surface area contributed by atoms with E-state index in [0.29, 0.717) is 12.8 Å². The van der Waals surface area contributed by atoms with Crippen molar-refractivity contribution in [1.82, 2.24) is 9.55 Å². The maximum Gasteiger partial charge on any atom is 0.353 e. The first-order chi connectivity index (χ1) is 14.3. The Kier molecular flexibility index (Phi) is 9.56. The highest BCUT2D eigenvalue weighted by molar-refractivity contribution is 5.24. The lowest BCUT2D eigenvalue weighted by Crippen LogP contribution is -2.52. The minimum Gasteiger partial charge on any atom is -0.394 e. The summed E-state index contributed by atoms with van der Waals surface area (Å²) in [7, 11) is 0. The second-order valence-corrected chi connectivity index (χ2v) is 7.41. The number of aliphatic hydroxyl groups excluding tert-OH is 3. The van der Waals surface area contributed by atoms with Crippen LogP contribution in [0.5, 0.6) is 0 Å². The first kappa shape index (κ1) is 24.6. The van der Waals surface area contributed by atoms with Crippen LogP contribution in [0.3, 0.4) is 0 Å². The predicted octanol–water partition coefficient (Wildman–Crippen LogP) is 0.951. The first-order valence-corrected chi connectivity index (χ1v) is 10.2. The van der Waals surface area contributed by atoms with Gasteiger partial charge >= 0.3 is 5.69 Å². The molecule has 0 amide bonds. The number of nitrogens with zero attached hydrogens (tertiary/aromatic N) is 2. The van der Waals surface area contributed by atoms with Crippen molar-refractivity contribution in [2.45, 2.75) is 82.0 Å². The number of unbranched alkanes of at least 4 members (excludes halogenated alkanes) is 6. The summed E-state index contributed by atoms with van der Waals surface area (Å²) in [6.45, 7) is -0.462. The smallest absolute Gasteiger partial charge is 0.353 e. The Morgan fingerprint density at radius 2 is 1.83 bits per heavy atom. The lowest BCUT2D eigenvalue weighted by atomic mass is 10.1. The van der Waals surface area contributed by atoms with Crippen molar-refractivity contribution in [2.75, 3.05) is 18.9 Å². The van der Waals surface area contributed by atoms with Gasteiger partial charge in [0.05, 0.1) is 13.2 Å². The van der Waals surface area contributed by atoms with Crippen LogP contribution in [0, 0.1) is 0 Å². The third kappa shape index (κ3) is 6.17. The van der Waals surface area contributed by atoms with Gasteiger partial charge in [0.25, 0.3) is 5.91 Å². The van der Waals surface area contributed by atoms with E-state index in [1.165, 1.54) is 12.3 Å². The van der Waals surface area contributed by atoms with E-state index in [2.05, 4.69) is 4.98 Å². The second-order valence-electron chi connectivity index (χ2n) is 7.41. The van der Waals surface area contributed by atoms with E-state index in [4.69, 9.17) is 15.2 Å². The summed E-state index contributed by atoms with van der Waals surface area (Å²) < 4.78 is 36.4. The molecular formula is C19H31F2N3O6. The number of nitrogen functional groups attached to an aromatic ring is 1. The van der Waals surface area contributed by atoms with Crippen LogP contribution >= 0.6 is 0 Å². The molecule has 30 heavy (non-hydrogen) atoms. The minimum absolute atomic E-state index is 0.0216. The molecule has 0 aliphatic carbocycles. The van der Waals surface area contributed by atoms with Crippen molar-refractivity contribution >= 4 is 5.82 Å². The molecule has 1 aromatic rings. The molecular weight excluding hydrogens is 404 g/mol. The molecule has 1 fully saturated rings.